The summed E-state index contributed by atoms with van der Waals surface area (Å²) >= 11 is 0. The molecule has 3 aromatic rings. The molecule has 1 fully saturated rings. The van der Waals surface area contributed by atoms with Crippen LogP contribution in [0.4, 0.5) is 5.82 Å². The first-order valence-electron chi connectivity index (χ1n) is 10.4. The van der Waals surface area contributed by atoms with Crippen molar-refractivity contribution >= 4 is 23.3 Å². The Morgan fingerprint density at radius 2 is 1.71 bits per heavy atom. The molecule has 178 valence electrons. The summed E-state index contributed by atoms with van der Waals surface area (Å²) in [5.74, 6) is -0.397. The highest BCUT2D eigenvalue weighted by Gasteiger charge is 2.49. The number of ketones is 1. The van der Waals surface area contributed by atoms with Gasteiger partial charge in [-0.2, -0.15) is 0 Å². The van der Waals surface area contributed by atoms with Gasteiger partial charge in [0.2, 0.25) is 5.75 Å². The van der Waals surface area contributed by atoms with Crippen LogP contribution in [0.15, 0.2) is 34.5 Å². The normalized spacial score (nSPS) is 17.4. The summed E-state index contributed by atoms with van der Waals surface area (Å²) in [7, 11) is 4.40. The van der Waals surface area contributed by atoms with Crippen LogP contribution in [-0.4, -0.2) is 48.3 Å². The molecule has 0 radical (unpaired) electrons. The third kappa shape index (κ3) is 3.47. The summed E-state index contributed by atoms with van der Waals surface area (Å²) in [6.07, 6.45) is 1.72. The number of ether oxygens (including phenoxy) is 3. The maximum atomic E-state index is 13.3. The number of hydrogen-bond donors (Lipinski definition) is 2. The van der Waals surface area contributed by atoms with Crippen LogP contribution in [0.5, 0.6) is 17.2 Å². The fourth-order valence-corrected chi connectivity index (χ4v) is 4.27. The van der Waals surface area contributed by atoms with E-state index in [1.165, 1.54) is 26.2 Å². The van der Waals surface area contributed by atoms with E-state index in [-0.39, 0.29) is 17.2 Å². The van der Waals surface area contributed by atoms with Crippen molar-refractivity contribution in [3.8, 4) is 17.2 Å². The first kappa shape index (κ1) is 23.0. The molecule has 1 aliphatic rings. The number of nitrogens with zero attached hydrogens (tertiary/aromatic N) is 2. The molecule has 34 heavy (non-hydrogen) atoms. The quantitative estimate of drug-likeness (QED) is 0.320. The van der Waals surface area contributed by atoms with E-state index in [0.29, 0.717) is 39.8 Å². The topological polar surface area (TPSA) is 127 Å². The molecule has 10 nitrogen and oxygen atoms in total. The third-order valence-electron chi connectivity index (χ3n) is 5.82. The molecule has 1 unspecified atom stereocenters. The van der Waals surface area contributed by atoms with Gasteiger partial charge in [0.25, 0.3) is 5.78 Å². The van der Waals surface area contributed by atoms with Crippen molar-refractivity contribution in [3.05, 3.63) is 58.1 Å². The lowest BCUT2D eigenvalue weighted by Gasteiger charge is -2.24. The van der Waals surface area contributed by atoms with Crippen LogP contribution in [0, 0.1) is 20.8 Å². The fraction of sp³-hybridized carbons (Fsp3) is 0.292. The number of aryl methyl sites for hydroxylation is 3. The highest BCUT2D eigenvalue weighted by molar-refractivity contribution is 6.51. The van der Waals surface area contributed by atoms with Gasteiger partial charge < -0.3 is 28.8 Å². The zero-order valence-electron chi connectivity index (χ0n) is 19.7. The average molecular weight is 467 g/mol. The molecule has 4 rings (SSSR count). The SMILES string of the molecule is COc1cc(C2/C(=C(\O)c3c(C)c[nH]c3C)C(=O)C(=O)N2c2cc(C)on2)cc(OC)c1OC. The number of Topliss-reactive ketones (excluding diaryl/α,β-unsaturated/α-hetero) is 1. The number of benzene rings is 1. The summed E-state index contributed by atoms with van der Waals surface area (Å²) in [4.78, 5) is 30.8. The molecule has 10 heteroatoms. The summed E-state index contributed by atoms with van der Waals surface area (Å²) < 4.78 is 21.5. The Labute approximate surface area is 195 Å². The highest BCUT2D eigenvalue weighted by atomic mass is 16.5. The molecular weight excluding hydrogens is 442 g/mol. The van der Waals surface area contributed by atoms with Gasteiger partial charge in [-0.15, -0.1) is 0 Å². The van der Waals surface area contributed by atoms with Gasteiger partial charge in [0.1, 0.15) is 11.5 Å². The van der Waals surface area contributed by atoms with Crippen molar-refractivity contribution in [2.75, 3.05) is 26.2 Å². The first-order valence-corrected chi connectivity index (χ1v) is 10.4. The molecule has 1 amide bonds. The molecule has 1 atom stereocenters. The van der Waals surface area contributed by atoms with Crippen LogP contribution in [0.3, 0.4) is 0 Å². The van der Waals surface area contributed by atoms with E-state index in [9.17, 15) is 14.7 Å². The number of rotatable bonds is 6. The molecule has 1 aliphatic heterocycles. The molecule has 3 heterocycles. The molecule has 1 saturated heterocycles. The van der Waals surface area contributed by atoms with Gasteiger partial charge in [0.15, 0.2) is 17.3 Å². The Morgan fingerprint density at radius 1 is 1.06 bits per heavy atom. The van der Waals surface area contributed by atoms with Gasteiger partial charge in [-0.25, -0.2) is 0 Å². The van der Waals surface area contributed by atoms with Gasteiger partial charge in [-0.05, 0) is 44.0 Å². The van der Waals surface area contributed by atoms with E-state index in [0.717, 1.165) is 5.56 Å². The van der Waals surface area contributed by atoms with Crippen molar-refractivity contribution in [2.24, 2.45) is 0 Å². The van der Waals surface area contributed by atoms with Crippen LogP contribution in [-0.2, 0) is 9.59 Å². The molecule has 0 spiro atoms. The smallest absolute Gasteiger partial charge is 0.301 e. The number of methoxy groups -OCH3 is 3. The zero-order valence-corrected chi connectivity index (χ0v) is 19.7. The molecule has 2 N–H and O–H groups in total. The minimum atomic E-state index is -1.04. The number of anilines is 1. The van der Waals surface area contributed by atoms with Crippen LogP contribution in [0.25, 0.3) is 5.76 Å². The Bertz CT molecular complexity index is 1270. The summed E-state index contributed by atoms with van der Waals surface area (Å²) in [5.41, 5.74) is 2.18. The van der Waals surface area contributed by atoms with E-state index >= 15 is 0 Å². The van der Waals surface area contributed by atoms with E-state index in [2.05, 4.69) is 10.1 Å². The van der Waals surface area contributed by atoms with Crippen molar-refractivity contribution < 1.29 is 33.4 Å². The van der Waals surface area contributed by atoms with E-state index in [4.69, 9.17) is 18.7 Å². The van der Waals surface area contributed by atoms with Crippen LogP contribution in [0.1, 0.15) is 34.2 Å². The molecule has 2 aromatic heterocycles. The summed E-state index contributed by atoms with van der Waals surface area (Å²) in [6, 6.07) is 3.76. The number of carbonyl (C=O) groups is 2. The molecule has 1 aromatic carbocycles. The second-order valence-corrected chi connectivity index (χ2v) is 7.90. The number of carbonyl (C=O) groups excluding carboxylic acids is 2. The van der Waals surface area contributed by atoms with Crippen molar-refractivity contribution in [1.29, 1.82) is 0 Å². The minimum absolute atomic E-state index is 0.0919. The maximum Gasteiger partial charge on any atom is 0.301 e. The lowest BCUT2D eigenvalue weighted by molar-refractivity contribution is -0.132. The Balaban J connectivity index is 2.04. The Hall–Kier alpha value is -4.21. The maximum absolute atomic E-state index is 13.3. The highest BCUT2D eigenvalue weighted by Crippen LogP contribution is 2.47. The molecule has 0 aliphatic carbocycles. The number of aromatic amines is 1. The van der Waals surface area contributed by atoms with Gasteiger partial charge in [0, 0.05) is 23.5 Å². The van der Waals surface area contributed by atoms with Gasteiger partial charge in [-0.1, -0.05) is 5.16 Å². The van der Waals surface area contributed by atoms with Gasteiger partial charge >= 0.3 is 5.91 Å². The number of aromatic nitrogens is 2. The Kier molecular flexibility index (Phi) is 5.82. The second kappa shape index (κ2) is 8.62. The monoisotopic (exact) mass is 467 g/mol. The number of aliphatic hydroxyl groups excluding tert-OH is 1. The second-order valence-electron chi connectivity index (χ2n) is 7.90. The number of H-pyrrole nitrogens is 1. The van der Waals surface area contributed by atoms with Crippen molar-refractivity contribution in [3.63, 3.8) is 0 Å². The van der Waals surface area contributed by atoms with E-state index in [1.54, 1.807) is 45.2 Å². The largest absolute Gasteiger partial charge is 0.507 e. The predicted octanol–water partition coefficient (Wildman–Crippen LogP) is 3.58. The number of nitrogens with one attached hydrogen (secondary N) is 1. The van der Waals surface area contributed by atoms with E-state index in [1.807, 2.05) is 0 Å². The third-order valence-corrected chi connectivity index (χ3v) is 5.82. The Morgan fingerprint density at radius 3 is 2.18 bits per heavy atom. The number of aliphatic hydroxyl groups is 1. The van der Waals surface area contributed by atoms with Crippen molar-refractivity contribution in [1.82, 2.24) is 10.1 Å². The first-order chi connectivity index (χ1) is 16.2. The molecular formula is C24H25N3O7. The lowest BCUT2D eigenvalue weighted by Crippen LogP contribution is -2.29. The zero-order chi connectivity index (χ0) is 24.7. The van der Waals surface area contributed by atoms with Crippen LogP contribution >= 0.6 is 0 Å². The van der Waals surface area contributed by atoms with Crippen LogP contribution < -0.4 is 19.1 Å². The fourth-order valence-electron chi connectivity index (χ4n) is 4.27. The summed E-state index contributed by atoms with van der Waals surface area (Å²) in [6.45, 7) is 5.24. The number of hydrogen-bond acceptors (Lipinski definition) is 8. The molecule has 0 bridgehead atoms. The van der Waals surface area contributed by atoms with Crippen molar-refractivity contribution in [2.45, 2.75) is 26.8 Å². The summed E-state index contributed by atoms with van der Waals surface area (Å²) in [5, 5.41) is 15.3. The van der Waals surface area contributed by atoms with Gasteiger partial charge in [-0.3, -0.25) is 14.5 Å². The van der Waals surface area contributed by atoms with E-state index < -0.39 is 17.7 Å². The van der Waals surface area contributed by atoms with Gasteiger partial charge in [0.05, 0.1) is 32.9 Å². The molecule has 0 saturated carbocycles. The average Bonchev–Trinajstić information content (AvgIpc) is 3.48. The number of amides is 1. The lowest BCUT2D eigenvalue weighted by atomic mass is 9.94. The standard InChI is InChI=1S/C24H25N3O7/c1-11-10-25-13(3)18(11)21(28)19-20(14-8-15(31-4)23(33-6)16(9-14)32-5)27(24(30)22(19)29)17-7-12(2)34-26-17/h7-10,20,25,28H,1-6H3/b21-19+. The predicted molar refractivity (Wildman–Crippen MR) is 122 cm³/mol. The van der Waals surface area contributed by atoms with Crippen LogP contribution in [0.2, 0.25) is 0 Å². The minimum Gasteiger partial charge on any atom is -0.507 e.